The summed E-state index contributed by atoms with van der Waals surface area (Å²) in [5.41, 5.74) is 3.00. The van der Waals surface area contributed by atoms with E-state index in [0.717, 1.165) is 12.0 Å². The second kappa shape index (κ2) is 5.68. The molecule has 1 aliphatic rings. The summed E-state index contributed by atoms with van der Waals surface area (Å²) in [5.74, 6) is 1.44. The van der Waals surface area contributed by atoms with Crippen LogP contribution >= 0.6 is 0 Å². The van der Waals surface area contributed by atoms with Gasteiger partial charge in [0, 0.05) is 6.04 Å². The molecule has 0 atom stereocenters. The molecule has 2 rings (SSSR count). The first-order valence-corrected chi connectivity index (χ1v) is 6.98. The van der Waals surface area contributed by atoms with Gasteiger partial charge in [-0.2, -0.15) is 0 Å². The van der Waals surface area contributed by atoms with Crippen molar-refractivity contribution in [1.29, 1.82) is 0 Å². The first-order valence-electron chi connectivity index (χ1n) is 6.98. The second-order valence-corrected chi connectivity index (χ2v) is 5.66. The number of hydrogen-bond acceptors (Lipinski definition) is 1. The van der Waals surface area contributed by atoms with E-state index in [0.29, 0.717) is 5.92 Å². The van der Waals surface area contributed by atoms with Crippen molar-refractivity contribution in [1.82, 2.24) is 5.32 Å². The zero-order chi connectivity index (χ0) is 12.3. The minimum atomic E-state index is 0.643. The van der Waals surface area contributed by atoms with Crippen LogP contribution in [0.4, 0.5) is 0 Å². The van der Waals surface area contributed by atoms with Crippen molar-refractivity contribution in [2.75, 3.05) is 7.05 Å². The maximum Gasteiger partial charge on any atom is 0.00644 e. The van der Waals surface area contributed by atoms with Gasteiger partial charge >= 0.3 is 0 Å². The lowest BCUT2D eigenvalue weighted by Crippen LogP contribution is -2.29. The summed E-state index contributed by atoms with van der Waals surface area (Å²) in [6, 6.07) is 10.1. The normalized spacial score (nSPS) is 25.2. The third-order valence-corrected chi connectivity index (χ3v) is 4.21. The van der Waals surface area contributed by atoms with E-state index in [1.165, 1.54) is 31.2 Å². The summed E-state index contributed by atoms with van der Waals surface area (Å²) in [6.07, 6.45) is 5.33. The molecular formula is C16H25N. The zero-order valence-electron chi connectivity index (χ0n) is 11.4. The summed E-state index contributed by atoms with van der Waals surface area (Å²) in [5, 5.41) is 3.40. The van der Waals surface area contributed by atoms with E-state index >= 15 is 0 Å². The number of rotatable bonds is 3. The highest BCUT2D eigenvalue weighted by Gasteiger charge is 2.21. The van der Waals surface area contributed by atoms with E-state index < -0.39 is 0 Å². The van der Waals surface area contributed by atoms with Gasteiger partial charge in [-0.05, 0) is 55.7 Å². The van der Waals surface area contributed by atoms with Gasteiger partial charge in [-0.1, -0.05) is 38.1 Å². The second-order valence-electron chi connectivity index (χ2n) is 5.66. The predicted octanol–water partition coefficient (Wildman–Crippen LogP) is 4.06. The van der Waals surface area contributed by atoms with Crippen LogP contribution in [0.5, 0.6) is 0 Å². The quantitative estimate of drug-likeness (QED) is 0.827. The van der Waals surface area contributed by atoms with Crippen LogP contribution < -0.4 is 5.32 Å². The van der Waals surface area contributed by atoms with Crippen molar-refractivity contribution >= 4 is 0 Å². The maximum absolute atomic E-state index is 3.40. The van der Waals surface area contributed by atoms with Crippen molar-refractivity contribution in [3.8, 4) is 0 Å². The Bertz CT molecular complexity index is 331. The average molecular weight is 231 g/mol. The highest BCUT2D eigenvalue weighted by molar-refractivity contribution is 5.27. The fourth-order valence-electron chi connectivity index (χ4n) is 2.87. The van der Waals surface area contributed by atoms with Crippen molar-refractivity contribution < 1.29 is 0 Å². The minimum absolute atomic E-state index is 0.643. The molecule has 1 heteroatoms. The molecule has 1 saturated carbocycles. The predicted molar refractivity (Wildman–Crippen MR) is 74.6 cm³/mol. The fourth-order valence-corrected chi connectivity index (χ4v) is 2.87. The summed E-state index contributed by atoms with van der Waals surface area (Å²) >= 11 is 0. The Hall–Kier alpha value is -0.820. The summed E-state index contributed by atoms with van der Waals surface area (Å²) in [7, 11) is 2.09. The molecule has 0 radical (unpaired) electrons. The molecule has 0 amide bonds. The van der Waals surface area contributed by atoms with E-state index in [-0.39, 0.29) is 0 Å². The number of benzene rings is 1. The molecule has 1 fully saturated rings. The summed E-state index contributed by atoms with van der Waals surface area (Å²) in [6.45, 7) is 4.51. The van der Waals surface area contributed by atoms with Gasteiger partial charge in [-0.15, -0.1) is 0 Å². The van der Waals surface area contributed by atoms with E-state index in [9.17, 15) is 0 Å². The van der Waals surface area contributed by atoms with Gasteiger partial charge in [-0.3, -0.25) is 0 Å². The Kier molecular flexibility index (Phi) is 4.22. The van der Waals surface area contributed by atoms with Crippen molar-refractivity contribution in [3.05, 3.63) is 35.4 Å². The molecule has 0 unspecified atom stereocenters. The molecule has 94 valence electrons. The first-order chi connectivity index (χ1) is 8.20. The smallest absolute Gasteiger partial charge is 0.00644 e. The third kappa shape index (κ3) is 3.10. The molecule has 1 aromatic carbocycles. The van der Waals surface area contributed by atoms with Crippen molar-refractivity contribution in [2.45, 2.75) is 57.4 Å². The van der Waals surface area contributed by atoms with Gasteiger partial charge in [0.05, 0.1) is 0 Å². The van der Waals surface area contributed by atoms with Crippen LogP contribution in [0.15, 0.2) is 24.3 Å². The molecule has 0 aliphatic heterocycles. The third-order valence-electron chi connectivity index (χ3n) is 4.21. The monoisotopic (exact) mass is 231 g/mol. The Morgan fingerprint density at radius 2 is 1.59 bits per heavy atom. The number of nitrogens with one attached hydrogen (secondary N) is 1. The average Bonchev–Trinajstić information content (AvgIpc) is 2.39. The van der Waals surface area contributed by atoms with Gasteiger partial charge in [0.15, 0.2) is 0 Å². The molecule has 1 nitrogen and oxygen atoms in total. The molecule has 0 saturated heterocycles. The SMILES string of the molecule is CNC1CCC(c2ccc(C(C)C)cc2)CC1. The van der Waals surface area contributed by atoms with E-state index in [4.69, 9.17) is 0 Å². The Morgan fingerprint density at radius 3 is 2.06 bits per heavy atom. The lowest BCUT2D eigenvalue weighted by Gasteiger charge is -2.28. The first kappa shape index (κ1) is 12.6. The Morgan fingerprint density at radius 1 is 1.00 bits per heavy atom. The highest BCUT2D eigenvalue weighted by atomic mass is 14.9. The maximum atomic E-state index is 3.40. The van der Waals surface area contributed by atoms with E-state index in [1.54, 1.807) is 5.56 Å². The van der Waals surface area contributed by atoms with Gasteiger partial charge in [0.2, 0.25) is 0 Å². The van der Waals surface area contributed by atoms with Crippen molar-refractivity contribution in [3.63, 3.8) is 0 Å². The van der Waals surface area contributed by atoms with E-state index in [2.05, 4.69) is 50.5 Å². The van der Waals surface area contributed by atoms with E-state index in [1.807, 2.05) is 0 Å². The largest absolute Gasteiger partial charge is 0.317 e. The van der Waals surface area contributed by atoms with Crippen LogP contribution in [0.25, 0.3) is 0 Å². The number of hydrogen-bond donors (Lipinski definition) is 1. The lowest BCUT2D eigenvalue weighted by molar-refractivity contribution is 0.358. The van der Waals surface area contributed by atoms with Gasteiger partial charge in [-0.25, -0.2) is 0 Å². The lowest BCUT2D eigenvalue weighted by atomic mass is 9.81. The van der Waals surface area contributed by atoms with Gasteiger partial charge in [0.1, 0.15) is 0 Å². The summed E-state index contributed by atoms with van der Waals surface area (Å²) < 4.78 is 0. The molecule has 0 aromatic heterocycles. The molecule has 1 N–H and O–H groups in total. The van der Waals surface area contributed by atoms with Crippen LogP contribution in [0, 0.1) is 0 Å². The van der Waals surface area contributed by atoms with Crippen LogP contribution in [0.3, 0.4) is 0 Å². The minimum Gasteiger partial charge on any atom is -0.317 e. The molecule has 0 bridgehead atoms. The summed E-state index contributed by atoms with van der Waals surface area (Å²) in [4.78, 5) is 0. The standard InChI is InChI=1S/C16H25N/c1-12(2)13-4-6-14(7-5-13)15-8-10-16(17-3)11-9-15/h4-7,12,15-17H,8-11H2,1-3H3. The zero-order valence-corrected chi connectivity index (χ0v) is 11.4. The molecule has 1 aliphatic carbocycles. The molecule has 0 spiro atoms. The van der Waals surface area contributed by atoms with Crippen LogP contribution in [0.1, 0.15) is 62.5 Å². The molecule has 1 aromatic rings. The highest BCUT2D eigenvalue weighted by Crippen LogP contribution is 2.33. The molecule has 17 heavy (non-hydrogen) atoms. The Labute approximate surface area is 106 Å². The molecular weight excluding hydrogens is 206 g/mol. The topological polar surface area (TPSA) is 12.0 Å². The van der Waals surface area contributed by atoms with Gasteiger partial charge < -0.3 is 5.32 Å². The Balaban J connectivity index is 1.99. The van der Waals surface area contributed by atoms with Crippen LogP contribution in [-0.2, 0) is 0 Å². The molecule has 0 heterocycles. The van der Waals surface area contributed by atoms with Crippen molar-refractivity contribution in [2.24, 2.45) is 0 Å². The van der Waals surface area contributed by atoms with Gasteiger partial charge in [0.25, 0.3) is 0 Å². The van der Waals surface area contributed by atoms with Crippen LogP contribution in [-0.4, -0.2) is 13.1 Å². The fraction of sp³-hybridized carbons (Fsp3) is 0.625. The van der Waals surface area contributed by atoms with Crippen LogP contribution in [0.2, 0.25) is 0 Å².